The van der Waals surface area contributed by atoms with Crippen LogP contribution < -0.4 is 0 Å². The van der Waals surface area contributed by atoms with Gasteiger partial charge in [-0.1, -0.05) is 49.5 Å². The molecule has 0 rings (SSSR count). The second kappa shape index (κ2) is 18.1. The molecule has 3 atom stereocenters. The first kappa shape index (κ1) is 32.7. The van der Waals surface area contributed by atoms with Crippen LogP contribution in [0.1, 0.15) is 41.5 Å². The lowest BCUT2D eigenvalue weighted by molar-refractivity contribution is -0.140. The van der Waals surface area contributed by atoms with Crippen molar-refractivity contribution in [3.63, 3.8) is 0 Å². The molecule has 0 saturated carbocycles. The number of ether oxygens (including phenoxy) is 3. The molecule has 0 aromatic rings. The van der Waals surface area contributed by atoms with Gasteiger partial charge in [-0.25, -0.2) is 0 Å². The molecule has 0 aromatic carbocycles. The van der Waals surface area contributed by atoms with Crippen LogP contribution in [0.15, 0.2) is 0 Å². The van der Waals surface area contributed by atoms with E-state index in [0.29, 0.717) is 19.6 Å². The lowest BCUT2D eigenvalue weighted by Crippen LogP contribution is -2.49. The predicted molar refractivity (Wildman–Crippen MR) is 138 cm³/mol. The van der Waals surface area contributed by atoms with Gasteiger partial charge in [-0.2, -0.15) is 0 Å². The third-order valence-corrected chi connectivity index (χ3v) is 9.76. The zero-order valence-corrected chi connectivity index (χ0v) is 23.7. The molecule has 9 nitrogen and oxygen atoms in total. The molecule has 3 unspecified atom stereocenters. The van der Waals surface area contributed by atoms with Crippen molar-refractivity contribution in [3.8, 4) is 0 Å². The summed E-state index contributed by atoms with van der Waals surface area (Å²) in [6, 6.07) is 0. The zero-order valence-electron chi connectivity index (χ0n) is 22.8. The Morgan fingerprint density at radius 1 is 0.529 bits per heavy atom. The number of methoxy groups -OCH3 is 3. The summed E-state index contributed by atoms with van der Waals surface area (Å²) in [5.41, 5.74) is -1.92. The number of nitrogens with zero attached hydrogens (tertiary/aromatic N) is 3. The predicted octanol–water partition coefficient (Wildman–Crippen LogP) is 2.12. The Bertz CT molecular complexity index is 516. The quantitative estimate of drug-likeness (QED) is 0.158. The molecule has 0 heterocycles. The van der Waals surface area contributed by atoms with Crippen LogP contribution in [0.2, 0.25) is 0 Å². The van der Waals surface area contributed by atoms with Crippen molar-refractivity contribution in [2.24, 2.45) is 0 Å². The molecule has 10 heteroatoms. The zero-order chi connectivity index (χ0) is 26.3. The third kappa shape index (κ3) is 9.76. The number of hydrogen-bond acceptors (Lipinski definition) is 9. The summed E-state index contributed by atoms with van der Waals surface area (Å²) in [5, 5.41) is 0. The summed E-state index contributed by atoms with van der Waals surface area (Å²) >= 11 is 0. The van der Waals surface area contributed by atoms with E-state index >= 15 is 0 Å². The Hall–Kier alpha value is -1.28. The van der Waals surface area contributed by atoms with Crippen molar-refractivity contribution in [2.45, 2.75) is 58.5 Å². The standard InChI is InChI=1S/C24H48N3O6P/c1-10-25(11-2)16-19(22(28)31-7)34(20(23(29)32-8)17-26(12-3)13-4)21(24(30)33-9)18-27(14-5)15-6/h19-21H,10-18H2,1-9H3. The van der Waals surface area contributed by atoms with Crippen molar-refractivity contribution in [3.05, 3.63) is 0 Å². The summed E-state index contributed by atoms with van der Waals surface area (Å²) in [6.07, 6.45) is 0. The minimum absolute atomic E-state index is 0.403. The fourth-order valence-electron chi connectivity index (χ4n) is 4.11. The highest BCUT2D eigenvalue weighted by Crippen LogP contribution is 2.53. The highest BCUT2D eigenvalue weighted by molar-refractivity contribution is 7.63. The molecule has 200 valence electrons. The first-order valence-electron chi connectivity index (χ1n) is 12.4. The number of carbonyl (C=O) groups is 3. The molecule has 0 aliphatic carbocycles. The highest BCUT2D eigenvalue weighted by Gasteiger charge is 2.47. The van der Waals surface area contributed by atoms with Gasteiger partial charge >= 0.3 is 17.9 Å². The lowest BCUT2D eigenvalue weighted by Gasteiger charge is -2.40. The first-order chi connectivity index (χ1) is 16.2. The third-order valence-electron chi connectivity index (χ3n) is 6.48. The minimum Gasteiger partial charge on any atom is -0.468 e. The van der Waals surface area contributed by atoms with E-state index in [2.05, 4.69) is 14.7 Å². The molecular weight excluding hydrogens is 457 g/mol. The van der Waals surface area contributed by atoms with Crippen LogP contribution >= 0.6 is 7.92 Å². The molecular formula is C24H48N3O6P. The monoisotopic (exact) mass is 505 g/mol. The van der Waals surface area contributed by atoms with Gasteiger partial charge in [0.1, 0.15) is 0 Å². The molecule has 0 fully saturated rings. The van der Waals surface area contributed by atoms with Crippen LogP contribution in [0.5, 0.6) is 0 Å². The average Bonchev–Trinajstić information content (AvgIpc) is 2.87. The molecule has 0 spiro atoms. The van der Waals surface area contributed by atoms with E-state index in [9.17, 15) is 14.4 Å². The van der Waals surface area contributed by atoms with Crippen molar-refractivity contribution >= 4 is 25.8 Å². The van der Waals surface area contributed by atoms with Gasteiger partial charge in [0.05, 0.1) is 38.3 Å². The van der Waals surface area contributed by atoms with Gasteiger partial charge in [-0.3, -0.25) is 14.4 Å². The molecule has 0 amide bonds. The maximum Gasteiger partial charge on any atom is 0.314 e. The van der Waals surface area contributed by atoms with E-state index in [-0.39, 0.29) is 0 Å². The van der Waals surface area contributed by atoms with Crippen molar-refractivity contribution in [2.75, 3.05) is 80.2 Å². The Labute approximate surface area is 208 Å². The van der Waals surface area contributed by atoms with Crippen LogP contribution in [0.25, 0.3) is 0 Å². The van der Waals surface area contributed by atoms with Gasteiger partial charge in [0.2, 0.25) is 0 Å². The number of rotatable bonds is 18. The van der Waals surface area contributed by atoms with Crippen molar-refractivity contribution in [1.82, 2.24) is 14.7 Å². The van der Waals surface area contributed by atoms with Gasteiger partial charge < -0.3 is 28.9 Å². The molecule has 0 aliphatic heterocycles. The summed E-state index contributed by atoms with van der Waals surface area (Å²) < 4.78 is 15.7. The highest BCUT2D eigenvalue weighted by atomic mass is 31.1. The fourth-order valence-corrected chi connectivity index (χ4v) is 7.72. The van der Waals surface area contributed by atoms with Gasteiger partial charge in [0.15, 0.2) is 0 Å². The fraction of sp³-hybridized carbons (Fsp3) is 0.875. The molecule has 0 saturated heterocycles. The Morgan fingerprint density at radius 3 is 0.882 bits per heavy atom. The van der Waals surface area contributed by atoms with E-state index in [0.717, 1.165) is 39.3 Å². The Morgan fingerprint density at radius 2 is 0.735 bits per heavy atom. The van der Waals surface area contributed by atoms with Crippen LogP contribution in [0, 0.1) is 0 Å². The molecule has 0 N–H and O–H groups in total. The molecule has 0 aromatic heterocycles. The summed E-state index contributed by atoms with van der Waals surface area (Å²) in [7, 11) is 2.52. The van der Waals surface area contributed by atoms with E-state index < -0.39 is 42.8 Å². The number of carbonyl (C=O) groups excluding carboxylic acids is 3. The number of hydrogen-bond donors (Lipinski definition) is 0. The maximum atomic E-state index is 13.2. The Balaban J connectivity index is 6.90. The average molecular weight is 506 g/mol. The molecule has 0 bridgehead atoms. The van der Waals surface area contributed by atoms with Crippen LogP contribution in [0.3, 0.4) is 0 Å². The lowest BCUT2D eigenvalue weighted by atomic mass is 10.3. The van der Waals surface area contributed by atoms with Gasteiger partial charge in [-0.05, 0) is 39.3 Å². The summed E-state index contributed by atoms with van der Waals surface area (Å²) in [4.78, 5) is 46.1. The smallest absolute Gasteiger partial charge is 0.314 e. The topological polar surface area (TPSA) is 88.6 Å². The van der Waals surface area contributed by atoms with E-state index in [1.807, 2.05) is 41.5 Å². The van der Waals surface area contributed by atoms with E-state index in [1.165, 1.54) is 21.3 Å². The Kier molecular flexibility index (Phi) is 17.4. The van der Waals surface area contributed by atoms with Crippen LogP contribution in [0.4, 0.5) is 0 Å². The van der Waals surface area contributed by atoms with E-state index in [1.54, 1.807) is 0 Å². The van der Waals surface area contributed by atoms with E-state index in [4.69, 9.17) is 14.2 Å². The first-order valence-corrected chi connectivity index (χ1v) is 14.0. The van der Waals surface area contributed by atoms with Crippen molar-refractivity contribution in [1.29, 1.82) is 0 Å². The number of esters is 3. The molecule has 0 radical (unpaired) electrons. The minimum atomic E-state index is -1.57. The van der Waals surface area contributed by atoms with Gasteiger partial charge in [0, 0.05) is 19.6 Å². The van der Waals surface area contributed by atoms with Crippen molar-refractivity contribution < 1.29 is 28.6 Å². The second-order valence-electron chi connectivity index (χ2n) is 8.02. The largest absolute Gasteiger partial charge is 0.468 e. The van der Waals surface area contributed by atoms with Gasteiger partial charge in [-0.15, -0.1) is 0 Å². The molecule has 34 heavy (non-hydrogen) atoms. The maximum absolute atomic E-state index is 13.2. The van der Waals surface area contributed by atoms with Crippen LogP contribution in [-0.2, 0) is 28.6 Å². The normalized spacial score (nSPS) is 15.2. The molecule has 0 aliphatic rings. The SMILES string of the molecule is CCN(CC)CC(C(=O)OC)P(C(CN(CC)CC)C(=O)OC)C(CN(CC)CC)C(=O)OC. The summed E-state index contributed by atoms with van der Waals surface area (Å²) in [6.45, 7) is 17.8. The second-order valence-corrected chi connectivity index (χ2v) is 10.8. The summed E-state index contributed by atoms with van der Waals surface area (Å²) in [5.74, 6) is -1.21. The van der Waals surface area contributed by atoms with Crippen LogP contribution in [-0.4, -0.2) is 130 Å². The van der Waals surface area contributed by atoms with Gasteiger partial charge in [0.25, 0.3) is 0 Å².